The summed E-state index contributed by atoms with van der Waals surface area (Å²) in [5, 5.41) is 1.75. The normalized spacial score (nSPS) is 11.6. The molecule has 0 saturated heterocycles. The molecule has 5 aromatic rings. The highest BCUT2D eigenvalue weighted by atomic mass is 32.2. The quantitative estimate of drug-likeness (QED) is 0.251. The minimum Gasteiger partial charge on any atom is -0.497 e. The predicted molar refractivity (Wildman–Crippen MR) is 150 cm³/mol. The van der Waals surface area contributed by atoms with E-state index in [2.05, 4.69) is 4.72 Å². The van der Waals surface area contributed by atoms with Crippen molar-refractivity contribution in [2.45, 2.75) is 18.7 Å². The van der Waals surface area contributed by atoms with Crippen molar-refractivity contribution < 1.29 is 22.7 Å². The number of rotatable bonds is 7. The van der Waals surface area contributed by atoms with Crippen LogP contribution in [0.1, 0.15) is 22.8 Å². The third-order valence-electron chi connectivity index (χ3n) is 6.64. The Morgan fingerprint density at radius 2 is 1.63 bits per heavy atom. The van der Waals surface area contributed by atoms with Gasteiger partial charge in [-0.05, 0) is 55.8 Å². The molecule has 7 nitrogen and oxygen atoms in total. The maximum absolute atomic E-state index is 13.6. The lowest BCUT2D eigenvalue weighted by atomic mass is 9.94. The van der Waals surface area contributed by atoms with E-state index in [4.69, 9.17) is 9.47 Å². The van der Waals surface area contributed by atoms with Crippen LogP contribution in [0, 0.1) is 6.92 Å². The van der Waals surface area contributed by atoms with E-state index in [0.29, 0.717) is 11.3 Å². The molecule has 194 valence electrons. The molecule has 0 unspecified atom stereocenters. The van der Waals surface area contributed by atoms with Crippen LogP contribution in [0.4, 0.5) is 5.69 Å². The summed E-state index contributed by atoms with van der Waals surface area (Å²) < 4.78 is 42.8. The standard InChI is InChI=1S/C30H28N2O5S/c1-5-37-30(33)24-18-26-28(23-8-6-7-9-25(23)32(26)3)27(20-12-14-21(36-4)15-13-20)29(24)31-38(34,35)22-16-10-19(2)11-17-22/h6-18,31H,5H2,1-4H3. The van der Waals surface area contributed by atoms with E-state index in [9.17, 15) is 13.2 Å². The zero-order valence-corrected chi connectivity index (χ0v) is 22.4. The van der Waals surface area contributed by atoms with Gasteiger partial charge in [0.2, 0.25) is 0 Å². The van der Waals surface area contributed by atoms with Crippen LogP contribution in [0.2, 0.25) is 0 Å². The molecule has 1 N–H and O–H groups in total. The maximum atomic E-state index is 13.6. The molecule has 5 rings (SSSR count). The largest absolute Gasteiger partial charge is 0.497 e. The minimum absolute atomic E-state index is 0.0941. The second-order valence-electron chi connectivity index (χ2n) is 9.01. The Morgan fingerprint density at radius 1 is 0.947 bits per heavy atom. The van der Waals surface area contributed by atoms with Crippen LogP contribution >= 0.6 is 0 Å². The van der Waals surface area contributed by atoms with Crippen LogP contribution in [0.3, 0.4) is 0 Å². The number of fused-ring (bicyclic) bond motifs is 3. The number of esters is 1. The average Bonchev–Trinajstić information content (AvgIpc) is 3.20. The summed E-state index contributed by atoms with van der Waals surface area (Å²) in [6.07, 6.45) is 0. The van der Waals surface area contributed by atoms with Gasteiger partial charge in [-0.15, -0.1) is 0 Å². The van der Waals surface area contributed by atoms with E-state index < -0.39 is 16.0 Å². The lowest BCUT2D eigenvalue weighted by molar-refractivity contribution is 0.0528. The van der Waals surface area contributed by atoms with Crippen molar-refractivity contribution in [2.75, 3.05) is 18.4 Å². The van der Waals surface area contributed by atoms with Gasteiger partial charge < -0.3 is 14.0 Å². The molecule has 0 saturated carbocycles. The minimum atomic E-state index is -4.05. The third-order valence-corrected chi connectivity index (χ3v) is 8.01. The molecule has 0 fully saturated rings. The third kappa shape index (κ3) is 4.37. The average molecular weight is 529 g/mol. The number of anilines is 1. The first-order valence-corrected chi connectivity index (χ1v) is 13.7. The van der Waals surface area contributed by atoms with Crippen molar-refractivity contribution in [1.82, 2.24) is 4.57 Å². The molecule has 0 amide bonds. The Kier molecular flexibility index (Phi) is 6.59. The van der Waals surface area contributed by atoms with Crippen molar-refractivity contribution in [3.63, 3.8) is 0 Å². The van der Waals surface area contributed by atoms with Crippen LogP contribution in [-0.2, 0) is 21.8 Å². The highest BCUT2D eigenvalue weighted by molar-refractivity contribution is 7.92. The predicted octanol–water partition coefficient (Wildman–Crippen LogP) is 6.29. The number of aromatic nitrogens is 1. The molecule has 1 heterocycles. The van der Waals surface area contributed by atoms with E-state index in [1.165, 1.54) is 0 Å². The Balaban J connectivity index is 1.89. The number of ether oxygens (including phenoxy) is 2. The lowest BCUT2D eigenvalue weighted by Crippen LogP contribution is -2.18. The SMILES string of the molecule is CCOC(=O)c1cc2c(c(-c3ccc(OC)cc3)c1NS(=O)(=O)c1ccc(C)cc1)c1ccccc1n2C. The van der Waals surface area contributed by atoms with Gasteiger partial charge in [0.1, 0.15) is 5.75 Å². The van der Waals surface area contributed by atoms with E-state index >= 15 is 0 Å². The first-order valence-electron chi connectivity index (χ1n) is 12.2. The number of methoxy groups -OCH3 is 1. The number of hydrogen-bond acceptors (Lipinski definition) is 5. The Morgan fingerprint density at radius 3 is 2.29 bits per heavy atom. The Hall–Kier alpha value is -4.30. The lowest BCUT2D eigenvalue weighted by Gasteiger charge is -2.19. The van der Waals surface area contributed by atoms with Crippen LogP contribution in [-0.4, -0.2) is 32.7 Å². The Bertz CT molecular complexity index is 1770. The van der Waals surface area contributed by atoms with Crippen LogP contribution in [0.15, 0.2) is 83.8 Å². The van der Waals surface area contributed by atoms with Gasteiger partial charge >= 0.3 is 5.97 Å². The molecule has 0 atom stereocenters. The maximum Gasteiger partial charge on any atom is 0.340 e. The fraction of sp³-hybridized carbons (Fsp3) is 0.167. The number of carbonyl (C=O) groups is 1. The molecule has 38 heavy (non-hydrogen) atoms. The second kappa shape index (κ2) is 9.87. The first kappa shape index (κ1) is 25.4. The van der Waals surface area contributed by atoms with Gasteiger partial charge in [0.25, 0.3) is 10.0 Å². The highest BCUT2D eigenvalue weighted by Gasteiger charge is 2.27. The molecule has 4 aromatic carbocycles. The first-order chi connectivity index (χ1) is 18.2. The zero-order valence-electron chi connectivity index (χ0n) is 21.6. The van der Waals surface area contributed by atoms with Gasteiger partial charge in [-0.25, -0.2) is 13.2 Å². The number of hydrogen-bond donors (Lipinski definition) is 1. The van der Waals surface area contributed by atoms with Crippen LogP contribution in [0.5, 0.6) is 5.75 Å². The van der Waals surface area contributed by atoms with Crippen molar-refractivity contribution in [3.8, 4) is 16.9 Å². The molecule has 1 aromatic heterocycles. The molecular weight excluding hydrogens is 500 g/mol. The van der Waals surface area contributed by atoms with Gasteiger partial charge in [0.05, 0.1) is 35.4 Å². The molecule has 0 spiro atoms. The summed E-state index contributed by atoms with van der Waals surface area (Å²) >= 11 is 0. The summed E-state index contributed by atoms with van der Waals surface area (Å²) in [5.74, 6) is 0.0438. The van der Waals surface area contributed by atoms with Crippen molar-refractivity contribution in [3.05, 3.63) is 90.0 Å². The van der Waals surface area contributed by atoms with Crippen molar-refractivity contribution >= 4 is 43.5 Å². The zero-order chi connectivity index (χ0) is 27.0. The topological polar surface area (TPSA) is 86.6 Å². The van der Waals surface area contributed by atoms with Crippen molar-refractivity contribution in [1.29, 1.82) is 0 Å². The summed E-state index contributed by atoms with van der Waals surface area (Å²) in [5.41, 5.74) is 4.27. The number of benzene rings is 4. The van der Waals surface area contributed by atoms with Crippen LogP contribution in [0.25, 0.3) is 32.9 Å². The number of nitrogens with one attached hydrogen (secondary N) is 1. The molecule has 0 aliphatic rings. The summed E-state index contributed by atoms with van der Waals surface area (Å²) in [6.45, 7) is 3.75. The highest BCUT2D eigenvalue weighted by Crippen LogP contribution is 2.44. The summed E-state index contributed by atoms with van der Waals surface area (Å²) in [6, 6.07) is 23.5. The molecule has 0 radical (unpaired) electrons. The van der Waals surface area contributed by atoms with Gasteiger partial charge in [-0.1, -0.05) is 48.0 Å². The molecule has 0 bridgehead atoms. The number of para-hydroxylation sites is 1. The molecule has 8 heteroatoms. The molecular formula is C30H28N2O5S. The van der Waals surface area contributed by atoms with E-state index in [1.807, 2.05) is 67.1 Å². The second-order valence-corrected chi connectivity index (χ2v) is 10.7. The van der Waals surface area contributed by atoms with E-state index in [0.717, 1.165) is 32.9 Å². The van der Waals surface area contributed by atoms with E-state index in [1.54, 1.807) is 44.4 Å². The van der Waals surface area contributed by atoms with Gasteiger partial charge in [-0.2, -0.15) is 0 Å². The molecule has 0 aliphatic carbocycles. The summed E-state index contributed by atoms with van der Waals surface area (Å²) in [7, 11) is -0.541. The van der Waals surface area contributed by atoms with Crippen molar-refractivity contribution in [2.24, 2.45) is 7.05 Å². The molecule has 0 aliphatic heterocycles. The fourth-order valence-corrected chi connectivity index (χ4v) is 5.84. The monoisotopic (exact) mass is 528 g/mol. The Labute approximate surface area is 221 Å². The van der Waals surface area contributed by atoms with Gasteiger partial charge in [0, 0.05) is 28.9 Å². The summed E-state index contributed by atoms with van der Waals surface area (Å²) in [4.78, 5) is 13.4. The smallest absolute Gasteiger partial charge is 0.340 e. The number of carbonyl (C=O) groups excluding carboxylic acids is 1. The van der Waals surface area contributed by atoms with Gasteiger partial charge in [0.15, 0.2) is 0 Å². The number of aryl methyl sites for hydroxylation is 2. The fourth-order valence-electron chi connectivity index (χ4n) is 4.75. The van der Waals surface area contributed by atoms with Gasteiger partial charge in [-0.3, -0.25) is 4.72 Å². The number of nitrogens with zero attached hydrogens (tertiary/aromatic N) is 1. The number of sulfonamides is 1. The van der Waals surface area contributed by atoms with E-state index in [-0.39, 0.29) is 22.8 Å². The van der Waals surface area contributed by atoms with Crippen LogP contribution < -0.4 is 9.46 Å².